The van der Waals surface area contributed by atoms with Crippen LogP contribution in [0.3, 0.4) is 0 Å². The molecule has 0 rings (SSSR count). The Labute approximate surface area is 67.9 Å². The fourth-order valence-corrected chi connectivity index (χ4v) is 0.932. The second-order valence-electron chi connectivity index (χ2n) is 3.08. The van der Waals surface area contributed by atoms with Gasteiger partial charge >= 0.3 is 0 Å². The lowest BCUT2D eigenvalue weighted by molar-refractivity contribution is -0.104. The maximum Gasteiger partial charge on any atom is 0.142 e. The van der Waals surface area contributed by atoms with Crippen LogP contribution >= 0.6 is 0 Å². The number of carbonyl (C=O) groups excluding carboxylic acids is 1. The Morgan fingerprint density at radius 3 is 2.55 bits per heavy atom. The number of hydrogen-bond acceptors (Lipinski definition) is 2. The minimum absolute atomic E-state index is 0.300. The van der Waals surface area contributed by atoms with Crippen molar-refractivity contribution >= 4 is 6.29 Å². The van der Waals surface area contributed by atoms with Crippen LogP contribution in [0, 0.1) is 5.92 Å². The molecule has 1 N–H and O–H groups in total. The van der Waals surface area contributed by atoms with Gasteiger partial charge in [0, 0.05) is 0 Å². The average Bonchev–Trinajstić information content (AvgIpc) is 1.86. The Morgan fingerprint density at radius 1 is 1.45 bits per heavy atom. The predicted octanol–water partition coefficient (Wildman–Crippen LogP) is 1.54. The van der Waals surface area contributed by atoms with Crippen molar-refractivity contribution in [3.8, 4) is 0 Å². The van der Waals surface area contributed by atoms with Gasteiger partial charge in [-0.25, -0.2) is 0 Å². The van der Waals surface area contributed by atoms with Crippen LogP contribution in [0.5, 0.6) is 0 Å². The van der Waals surface area contributed by atoms with Gasteiger partial charge in [-0.3, -0.25) is 4.79 Å². The highest BCUT2D eigenvalue weighted by atomic mass is 16.3. The zero-order chi connectivity index (χ0) is 8.69. The zero-order valence-corrected chi connectivity index (χ0v) is 7.16. The van der Waals surface area contributed by atoms with Crippen molar-refractivity contribution in [2.24, 2.45) is 5.92 Å². The van der Waals surface area contributed by atoms with E-state index in [1.807, 2.05) is 0 Å². The van der Waals surface area contributed by atoms with E-state index in [-0.39, 0.29) is 6.10 Å². The van der Waals surface area contributed by atoms with Crippen molar-refractivity contribution in [2.75, 3.05) is 0 Å². The van der Waals surface area contributed by atoms with E-state index in [0.29, 0.717) is 12.3 Å². The van der Waals surface area contributed by atoms with Crippen LogP contribution in [0.1, 0.15) is 26.7 Å². The molecular formula is C9H16O2. The largest absolute Gasteiger partial charge is 0.393 e. The molecule has 64 valence electrons. The van der Waals surface area contributed by atoms with E-state index >= 15 is 0 Å². The molecule has 0 saturated carbocycles. The monoisotopic (exact) mass is 156 g/mol. The highest BCUT2D eigenvalue weighted by molar-refractivity contribution is 5.64. The van der Waals surface area contributed by atoms with Crippen LogP contribution in [0.2, 0.25) is 0 Å². The van der Waals surface area contributed by atoms with E-state index in [9.17, 15) is 9.90 Å². The van der Waals surface area contributed by atoms with Gasteiger partial charge in [-0.2, -0.15) is 0 Å². The van der Waals surface area contributed by atoms with Crippen molar-refractivity contribution in [2.45, 2.75) is 32.8 Å². The first-order valence-electron chi connectivity index (χ1n) is 3.95. The third kappa shape index (κ3) is 7.26. The highest BCUT2D eigenvalue weighted by Gasteiger charge is 2.03. The lowest BCUT2D eigenvalue weighted by Crippen LogP contribution is -2.08. The van der Waals surface area contributed by atoms with Crippen LogP contribution in [0.4, 0.5) is 0 Å². The summed E-state index contributed by atoms with van der Waals surface area (Å²) < 4.78 is 0. The fraction of sp³-hybridized carbons (Fsp3) is 0.667. The summed E-state index contributed by atoms with van der Waals surface area (Å²) in [6.45, 7) is 4.12. The minimum Gasteiger partial charge on any atom is -0.393 e. The molecule has 0 heterocycles. The van der Waals surface area contributed by atoms with E-state index in [0.717, 1.165) is 12.7 Å². The Balaban J connectivity index is 3.43. The lowest BCUT2D eigenvalue weighted by atomic mass is 10.0. The quantitative estimate of drug-likeness (QED) is 0.484. The summed E-state index contributed by atoms with van der Waals surface area (Å²) in [5, 5.41) is 9.28. The lowest BCUT2D eigenvalue weighted by Gasteiger charge is -2.09. The maximum absolute atomic E-state index is 9.84. The molecule has 1 unspecified atom stereocenters. The topological polar surface area (TPSA) is 37.3 Å². The van der Waals surface area contributed by atoms with E-state index in [1.165, 1.54) is 6.08 Å². The third-order valence-corrected chi connectivity index (χ3v) is 1.37. The Hall–Kier alpha value is -0.630. The molecule has 11 heavy (non-hydrogen) atoms. The van der Waals surface area contributed by atoms with E-state index in [2.05, 4.69) is 13.8 Å². The molecule has 0 aromatic carbocycles. The summed E-state index contributed by atoms with van der Waals surface area (Å²) in [6, 6.07) is 0. The Morgan fingerprint density at radius 2 is 2.09 bits per heavy atom. The molecule has 0 radical (unpaired) electrons. The zero-order valence-electron chi connectivity index (χ0n) is 7.16. The summed E-state index contributed by atoms with van der Waals surface area (Å²) >= 11 is 0. The number of carbonyl (C=O) groups is 1. The van der Waals surface area contributed by atoms with E-state index in [4.69, 9.17) is 0 Å². The first kappa shape index (κ1) is 10.4. The van der Waals surface area contributed by atoms with Crippen molar-refractivity contribution < 1.29 is 9.90 Å². The number of rotatable bonds is 5. The molecule has 0 aromatic rings. The van der Waals surface area contributed by atoms with Gasteiger partial charge in [-0.15, -0.1) is 0 Å². The van der Waals surface area contributed by atoms with Gasteiger partial charge in [-0.1, -0.05) is 19.9 Å². The van der Waals surface area contributed by atoms with Gasteiger partial charge < -0.3 is 5.11 Å². The minimum atomic E-state index is -0.300. The highest BCUT2D eigenvalue weighted by Crippen LogP contribution is 2.07. The molecule has 0 fully saturated rings. The van der Waals surface area contributed by atoms with Crippen molar-refractivity contribution in [3.63, 3.8) is 0 Å². The van der Waals surface area contributed by atoms with Gasteiger partial charge in [0.2, 0.25) is 0 Å². The molecular weight excluding hydrogens is 140 g/mol. The average molecular weight is 156 g/mol. The Kier molecular flexibility index (Phi) is 5.75. The summed E-state index contributed by atoms with van der Waals surface area (Å²) in [4.78, 5) is 9.84. The first-order chi connectivity index (χ1) is 5.16. The van der Waals surface area contributed by atoms with Gasteiger partial charge in [0.25, 0.3) is 0 Å². The number of aliphatic hydroxyl groups excluding tert-OH is 1. The predicted molar refractivity (Wildman–Crippen MR) is 45.3 cm³/mol. The van der Waals surface area contributed by atoms with Crippen molar-refractivity contribution in [1.82, 2.24) is 0 Å². The molecule has 0 saturated heterocycles. The molecule has 0 aliphatic rings. The normalized spacial score (nSPS) is 14.2. The van der Waals surface area contributed by atoms with Crippen LogP contribution < -0.4 is 0 Å². The molecule has 1 atom stereocenters. The van der Waals surface area contributed by atoms with Crippen LogP contribution in [-0.4, -0.2) is 17.5 Å². The van der Waals surface area contributed by atoms with Crippen LogP contribution in [-0.2, 0) is 4.79 Å². The second kappa shape index (κ2) is 6.10. The summed E-state index contributed by atoms with van der Waals surface area (Å²) in [7, 11) is 0. The molecule has 0 spiro atoms. The van der Waals surface area contributed by atoms with Gasteiger partial charge in [0.15, 0.2) is 0 Å². The van der Waals surface area contributed by atoms with Crippen LogP contribution in [0.25, 0.3) is 0 Å². The SMILES string of the molecule is CC(C)CC(O)CC=CC=O. The summed E-state index contributed by atoms with van der Waals surface area (Å²) in [5.41, 5.74) is 0. The standard InChI is InChI=1S/C9H16O2/c1-8(2)7-9(11)5-3-4-6-10/h3-4,6,8-9,11H,5,7H2,1-2H3. The molecule has 0 aliphatic heterocycles. The number of hydrogen-bond donors (Lipinski definition) is 1. The molecule has 2 heteroatoms. The molecule has 0 aliphatic carbocycles. The van der Waals surface area contributed by atoms with Gasteiger partial charge in [-0.05, 0) is 24.8 Å². The number of aliphatic hydroxyl groups is 1. The van der Waals surface area contributed by atoms with E-state index in [1.54, 1.807) is 6.08 Å². The fourth-order valence-electron chi connectivity index (χ4n) is 0.932. The van der Waals surface area contributed by atoms with Crippen LogP contribution in [0.15, 0.2) is 12.2 Å². The smallest absolute Gasteiger partial charge is 0.142 e. The summed E-state index contributed by atoms with van der Waals surface area (Å²) in [5.74, 6) is 0.509. The first-order valence-corrected chi connectivity index (χ1v) is 3.95. The third-order valence-electron chi connectivity index (χ3n) is 1.37. The van der Waals surface area contributed by atoms with Gasteiger partial charge in [0.1, 0.15) is 6.29 Å². The molecule has 0 bridgehead atoms. The number of aldehydes is 1. The second-order valence-corrected chi connectivity index (χ2v) is 3.08. The maximum atomic E-state index is 9.84. The van der Waals surface area contributed by atoms with Gasteiger partial charge in [0.05, 0.1) is 6.10 Å². The summed E-state index contributed by atoms with van der Waals surface area (Å²) in [6.07, 6.45) is 4.91. The van der Waals surface area contributed by atoms with Crippen molar-refractivity contribution in [1.29, 1.82) is 0 Å². The Bertz CT molecular complexity index is 128. The number of allylic oxidation sites excluding steroid dienone is 1. The molecule has 2 nitrogen and oxygen atoms in total. The van der Waals surface area contributed by atoms with E-state index < -0.39 is 0 Å². The molecule has 0 aromatic heterocycles. The van der Waals surface area contributed by atoms with Crippen molar-refractivity contribution in [3.05, 3.63) is 12.2 Å². The molecule has 0 amide bonds.